The van der Waals surface area contributed by atoms with Gasteiger partial charge in [0.15, 0.2) is 11.6 Å². The Morgan fingerprint density at radius 2 is 1.06 bits per heavy atom. The average Bonchev–Trinajstić information content (AvgIpc) is 3.88. The second-order valence-corrected chi connectivity index (χ2v) is 14.6. The number of nitrogens with zero attached hydrogens (tertiary/aromatic N) is 6. The molecular formula is C43H24N6S2. The number of rotatable bonds is 4. The van der Waals surface area contributed by atoms with Crippen molar-refractivity contribution in [3.63, 3.8) is 0 Å². The standard InChI is InChI=1S/C43H24N6S2/c1-3-11-25(12-4-1)26-19-21-28(22-20-26)41-46-40(27-13-5-2-6-14-27)47-43(48-41)49-32-17-9-7-15-29(32)34-37(49)35-30-16-8-10-18-33(30)50-38(35)36-31-23-44-24-45-42(31)51-39(34)36/h1-24H. The largest absolute Gasteiger partial charge is 0.277 e. The third kappa shape index (κ3) is 4.30. The molecule has 11 aromatic rings. The molecule has 0 amide bonds. The van der Waals surface area contributed by atoms with Crippen molar-refractivity contribution in [1.29, 1.82) is 0 Å². The van der Waals surface area contributed by atoms with Crippen LogP contribution in [-0.2, 0) is 0 Å². The molecule has 0 N–H and O–H groups in total. The maximum Gasteiger partial charge on any atom is 0.238 e. The summed E-state index contributed by atoms with van der Waals surface area (Å²) in [6.07, 6.45) is 3.60. The smallest absolute Gasteiger partial charge is 0.238 e. The van der Waals surface area contributed by atoms with Crippen LogP contribution in [-0.4, -0.2) is 29.5 Å². The van der Waals surface area contributed by atoms with Gasteiger partial charge in [-0.1, -0.05) is 121 Å². The molecule has 0 aliphatic carbocycles. The lowest BCUT2D eigenvalue weighted by Crippen LogP contribution is -2.06. The van der Waals surface area contributed by atoms with E-state index < -0.39 is 0 Å². The third-order valence-electron chi connectivity index (χ3n) is 9.64. The molecule has 0 spiro atoms. The Hall–Kier alpha value is -6.35. The van der Waals surface area contributed by atoms with Crippen LogP contribution in [0.25, 0.3) is 102 Å². The predicted molar refractivity (Wildman–Crippen MR) is 212 cm³/mol. The van der Waals surface area contributed by atoms with Crippen molar-refractivity contribution in [1.82, 2.24) is 29.5 Å². The third-order valence-corrected chi connectivity index (χ3v) is 12.0. The van der Waals surface area contributed by atoms with Crippen molar-refractivity contribution in [3.05, 3.63) is 146 Å². The minimum atomic E-state index is 0.578. The Kier molecular flexibility index (Phi) is 6.19. The minimum Gasteiger partial charge on any atom is -0.277 e. The maximum absolute atomic E-state index is 5.29. The van der Waals surface area contributed by atoms with E-state index in [0.29, 0.717) is 17.6 Å². The zero-order chi connectivity index (χ0) is 33.5. The monoisotopic (exact) mass is 688 g/mol. The fourth-order valence-electron chi connectivity index (χ4n) is 7.37. The van der Waals surface area contributed by atoms with Crippen molar-refractivity contribution in [2.24, 2.45) is 0 Å². The molecule has 0 aliphatic heterocycles. The van der Waals surface area contributed by atoms with Gasteiger partial charge in [-0.3, -0.25) is 4.57 Å². The number of para-hydroxylation sites is 1. The lowest BCUT2D eigenvalue weighted by molar-refractivity contribution is 0.955. The molecule has 0 saturated heterocycles. The fourth-order valence-corrected chi connectivity index (χ4v) is 9.88. The van der Waals surface area contributed by atoms with E-state index in [4.69, 9.17) is 19.9 Å². The van der Waals surface area contributed by atoms with Crippen LogP contribution in [0.1, 0.15) is 0 Å². The molecule has 5 aromatic heterocycles. The van der Waals surface area contributed by atoms with E-state index in [9.17, 15) is 0 Å². The van der Waals surface area contributed by atoms with Crippen molar-refractivity contribution in [2.75, 3.05) is 0 Å². The molecule has 6 aromatic carbocycles. The van der Waals surface area contributed by atoms with Crippen LogP contribution in [0.5, 0.6) is 0 Å². The summed E-state index contributed by atoms with van der Waals surface area (Å²) in [5.74, 6) is 1.82. The Labute approximate surface area is 299 Å². The predicted octanol–water partition coefficient (Wildman–Crippen LogP) is 11.5. The van der Waals surface area contributed by atoms with Crippen LogP contribution >= 0.6 is 22.7 Å². The van der Waals surface area contributed by atoms with Crippen molar-refractivity contribution >= 4 is 85.0 Å². The summed E-state index contributed by atoms with van der Waals surface area (Å²) in [4.78, 5) is 25.8. The molecule has 5 heterocycles. The fraction of sp³-hybridized carbons (Fsp3) is 0. The number of hydrogen-bond donors (Lipinski definition) is 0. The van der Waals surface area contributed by atoms with Gasteiger partial charge in [-0.05, 0) is 23.3 Å². The van der Waals surface area contributed by atoms with E-state index in [1.807, 2.05) is 41.8 Å². The summed E-state index contributed by atoms with van der Waals surface area (Å²) in [6.45, 7) is 0. The first kappa shape index (κ1) is 28.5. The molecule has 238 valence electrons. The molecule has 0 bridgehead atoms. The number of aromatic nitrogens is 6. The lowest BCUT2D eigenvalue weighted by Gasteiger charge is -2.12. The molecule has 0 saturated carbocycles. The first-order chi connectivity index (χ1) is 25.3. The second kappa shape index (κ2) is 11.1. The maximum atomic E-state index is 5.29. The topological polar surface area (TPSA) is 69.4 Å². The molecule has 0 radical (unpaired) electrons. The van der Waals surface area contributed by atoms with E-state index in [1.54, 1.807) is 17.7 Å². The Bertz CT molecular complexity index is 3100. The molecule has 8 heteroatoms. The Balaban J connectivity index is 1.28. The van der Waals surface area contributed by atoms with Crippen molar-refractivity contribution in [2.45, 2.75) is 0 Å². The number of benzene rings is 6. The van der Waals surface area contributed by atoms with Crippen LogP contribution in [0.3, 0.4) is 0 Å². The van der Waals surface area contributed by atoms with E-state index in [0.717, 1.165) is 43.3 Å². The zero-order valence-electron chi connectivity index (χ0n) is 26.9. The van der Waals surface area contributed by atoms with Gasteiger partial charge >= 0.3 is 0 Å². The number of hydrogen-bond acceptors (Lipinski definition) is 7. The number of thiophene rings is 2. The zero-order valence-corrected chi connectivity index (χ0v) is 28.5. The van der Waals surface area contributed by atoms with Crippen LogP contribution in [0.15, 0.2) is 146 Å². The summed E-state index contributed by atoms with van der Waals surface area (Å²) in [7, 11) is 0. The molecule has 11 rings (SSSR count). The van der Waals surface area contributed by atoms with Gasteiger partial charge in [0, 0.05) is 63.7 Å². The quantitative estimate of drug-likeness (QED) is 0.184. The molecule has 0 aliphatic rings. The van der Waals surface area contributed by atoms with Gasteiger partial charge in [-0.2, -0.15) is 9.97 Å². The van der Waals surface area contributed by atoms with Crippen molar-refractivity contribution in [3.8, 4) is 39.9 Å². The second-order valence-electron chi connectivity index (χ2n) is 12.5. The highest BCUT2D eigenvalue weighted by atomic mass is 32.1. The average molecular weight is 689 g/mol. The first-order valence-corrected chi connectivity index (χ1v) is 18.3. The van der Waals surface area contributed by atoms with Crippen LogP contribution in [0.4, 0.5) is 0 Å². The summed E-state index contributed by atoms with van der Waals surface area (Å²) in [6, 6.07) is 46.4. The van der Waals surface area contributed by atoms with Gasteiger partial charge in [0.25, 0.3) is 0 Å². The molecule has 0 atom stereocenters. The SMILES string of the molecule is c1ccc(-c2ccc(-c3nc(-c4ccccc4)nc(-n4c5ccccc5c5c6sc7ncncc7c6c6sc7ccccc7c6c54)n3)cc2)cc1. The molecular weight excluding hydrogens is 665 g/mol. The normalized spacial score (nSPS) is 11.9. The minimum absolute atomic E-state index is 0.578. The highest BCUT2D eigenvalue weighted by molar-refractivity contribution is 7.30. The van der Waals surface area contributed by atoms with E-state index in [-0.39, 0.29) is 0 Å². The summed E-state index contributed by atoms with van der Waals surface area (Å²) >= 11 is 3.55. The summed E-state index contributed by atoms with van der Waals surface area (Å²) in [5, 5.41) is 7.01. The van der Waals surface area contributed by atoms with Crippen LogP contribution in [0, 0.1) is 0 Å². The molecule has 51 heavy (non-hydrogen) atoms. The highest BCUT2D eigenvalue weighted by Gasteiger charge is 2.26. The van der Waals surface area contributed by atoms with Gasteiger partial charge in [-0.25, -0.2) is 15.0 Å². The highest BCUT2D eigenvalue weighted by Crippen LogP contribution is 2.51. The molecule has 6 nitrogen and oxygen atoms in total. The van der Waals surface area contributed by atoms with E-state index >= 15 is 0 Å². The van der Waals surface area contributed by atoms with E-state index in [1.165, 1.54) is 41.2 Å². The van der Waals surface area contributed by atoms with Crippen molar-refractivity contribution < 1.29 is 0 Å². The lowest BCUT2D eigenvalue weighted by atomic mass is 10.0. The first-order valence-electron chi connectivity index (χ1n) is 16.7. The van der Waals surface area contributed by atoms with Crippen LogP contribution < -0.4 is 0 Å². The van der Waals surface area contributed by atoms with Gasteiger partial charge in [0.1, 0.15) is 11.2 Å². The summed E-state index contributed by atoms with van der Waals surface area (Å²) in [5.41, 5.74) is 6.29. The number of fused-ring (bicyclic) bond motifs is 12. The summed E-state index contributed by atoms with van der Waals surface area (Å²) < 4.78 is 5.91. The Morgan fingerprint density at radius 1 is 0.471 bits per heavy atom. The van der Waals surface area contributed by atoms with Gasteiger partial charge in [0.2, 0.25) is 5.95 Å². The van der Waals surface area contributed by atoms with Gasteiger partial charge in [0.05, 0.1) is 11.0 Å². The Morgan fingerprint density at radius 3 is 1.84 bits per heavy atom. The van der Waals surface area contributed by atoms with Gasteiger partial charge < -0.3 is 0 Å². The molecule has 0 fully saturated rings. The van der Waals surface area contributed by atoms with Gasteiger partial charge in [-0.15, -0.1) is 22.7 Å². The van der Waals surface area contributed by atoms with E-state index in [2.05, 4.69) is 119 Å². The molecule has 0 unspecified atom stereocenters. The van der Waals surface area contributed by atoms with Crippen LogP contribution in [0.2, 0.25) is 0 Å².